The fourth-order valence-corrected chi connectivity index (χ4v) is 4.18. The Labute approximate surface area is 148 Å². The molecule has 3 atom stereocenters. The zero-order valence-electron chi connectivity index (χ0n) is 14.5. The van der Waals surface area contributed by atoms with Crippen molar-refractivity contribution in [1.29, 1.82) is 0 Å². The Morgan fingerprint density at radius 1 is 1.08 bits per heavy atom. The highest BCUT2D eigenvalue weighted by atomic mass is 32.1. The van der Waals surface area contributed by atoms with Crippen molar-refractivity contribution in [3.8, 4) is 10.4 Å². The Bertz CT molecular complexity index is 614. The SMILES string of the molecule is COC[C@@H]1[C@@H](OC)[C@@H](OC)CN1Cc1ccc(-c2cccs2)cc1. The highest BCUT2D eigenvalue weighted by molar-refractivity contribution is 7.13. The second kappa shape index (κ2) is 8.23. The summed E-state index contributed by atoms with van der Waals surface area (Å²) in [5.41, 5.74) is 2.57. The Morgan fingerprint density at radius 3 is 2.46 bits per heavy atom. The molecule has 0 N–H and O–H groups in total. The van der Waals surface area contributed by atoms with Gasteiger partial charge in [-0.25, -0.2) is 0 Å². The Kier molecular flexibility index (Phi) is 6.03. The van der Waals surface area contributed by atoms with Crippen LogP contribution in [0.1, 0.15) is 5.56 Å². The molecular formula is C19H25NO3S. The van der Waals surface area contributed by atoms with Crippen LogP contribution < -0.4 is 0 Å². The van der Waals surface area contributed by atoms with Gasteiger partial charge in [-0.15, -0.1) is 11.3 Å². The number of hydrogen-bond acceptors (Lipinski definition) is 5. The summed E-state index contributed by atoms with van der Waals surface area (Å²) in [6.07, 6.45) is 0.126. The van der Waals surface area contributed by atoms with Crippen molar-refractivity contribution in [2.24, 2.45) is 0 Å². The van der Waals surface area contributed by atoms with Gasteiger partial charge in [0.05, 0.1) is 18.8 Å². The van der Waals surface area contributed by atoms with Crippen LogP contribution in [0.25, 0.3) is 10.4 Å². The van der Waals surface area contributed by atoms with Gasteiger partial charge in [-0.3, -0.25) is 4.90 Å². The third-order valence-electron chi connectivity index (χ3n) is 4.69. The van der Waals surface area contributed by atoms with E-state index in [9.17, 15) is 0 Å². The smallest absolute Gasteiger partial charge is 0.102 e. The zero-order valence-corrected chi connectivity index (χ0v) is 15.3. The highest BCUT2D eigenvalue weighted by Crippen LogP contribution is 2.28. The maximum atomic E-state index is 5.67. The maximum absolute atomic E-state index is 5.67. The molecule has 1 saturated heterocycles. The number of ether oxygens (including phenoxy) is 3. The summed E-state index contributed by atoms with van der Waals surface area (Å²) in [5.74, 6) is 0. The summed E-state index contributed by atoms with van der Waals surface area (Å²) in [5, 5.41) is 2.11. The van der Waals surface area contributed by atoms with Crippen molar-refractivity contribution in [3.05, 3.63) is 47.3 Å². The number of benzene rings is 1. The van der Waals surface area contributed by atoms with Crippen molar-refractivity contribution >= 4 is 11.3 Å². The van der Waals surface area contributed by atoms with E-state index in [1.807, 2.05) is 0 Å². The van der Waals surface area contributed by atoms with Crippen molar-refractivity contribution < 1.29 is 14.2 Å². The molecule has 24 heavy (non-hydrogen) atoms. The molecule has 0 amide bonds. The number of likely N-dealkylation sites (tertiary alicyclic amines) is 1. The predicted molar refractivity (Wildman–Crippen MR) is 97.4 cm³/mol. The molecule has 5 heteroatoms. The van der Waals surface area contributed by atoms with Crippen molar-refractivity contribution in [1.82, 2.24) is 4.90 Å². The Hall–Kier alpha value is -1.24. The first-order chi connectivity index (χ1) is 11.8. The predicted octanol–water partition coefficient (Wildman–Crippen LogP) is 3.28. The molecule has 1 aliphatic heterocycles. The van der Waals surface area contributed by atoms with Gasteiger partial charge in [0.2, 0.25) is 0 Å². The average Bonchev–Trinajstić information content (AvgIpc) is 3.24. The summed E-state index contributed by atoms with van der Waals surface area (Å²) in [4.78, 5) is 3.70. The van der Waals surface area contributed by atoms with E-state index < -0.39 is 0 Å². The van der Waals surface area contributed by atoms with E-state index in [1.54, 1.807) is 32.7 Å². The normalized spacial score (nSPS) is 24.5. The molecule has 0 radical (unpaired) electrons. The second-order valence-corrected chi connectivity index (χ2v) is 7.05. The van der Waals surface area contributed by atoms with E-state index in [0.29, 0.717) is 6.61 Å². The van der Waals surface area contributed by atoms with E-state index >= 15 is 0 Å². The van der Waals surface area contributed by atoms with Crippen molar-refractivity contribution in [2.45, 2.75) is 24.8 Å². The van der Waals surface area contributed by atoms with Gasteiger partial charge in [0, 0.05) is 39.3 Å². The van der Waals surface area contributed by atoms with Crippen LogP contribution >= 0.6 is 11.3 Å². The molecule has 0 unspecified atom stereocenters. The third-order valence-corrected chi connectivity index (χ3v) is 5.61. The molecule has 0 aliphatic carbocycles. The van der Waals surface area contributed by atoms with E-state index in [0.717, 1.165) is 13.1 Å². The summed E-state index contributed by atoms with van der Waals surface area (Å²) in [7, 11) is 5.24. The highest BCUT2D eigenvalue weighted by Gasteiger charge is 2.42. The van der Waals surface area contributed by atoms with Crippen molar-refractivity contribution in [2.75, 3.05) is 34.5 Å². The Morgan fingerprint density at radius 2 is 1.88 bits per heavy atom. The van der Waals surface area contributed by atoms with Gasteiger partial charge in [-0.05, 0) is 22.6 Å². The summed E-state index contributed by atoms with van der Waals surface area (Å²) in [6.45, 7) is 2.37. The second-order valence-electron chi connectivity index (χ2n) is 6.10. The number of methoxy groups -OCH3 is 3. The van der Waals surface area contributed by atoms with Crippen molar-refractivity contribution in [3.63, 3.8) is 0 Å². The van der Waals surface area contributed by atoms with Gasteiger partial charge in [0.1, 0.15) is 6.10 Å². The molecule has 1 aromatic carbocycles. The topological polar surface area (TPSA) is 30.9 Å². The molecule has 0 spiro atoms. The summed E-state index contributed by atoms with van der Waals surface area (Å²) < 4.78 is 16.7. The van der Waals surface area contributed by atoms with Crippen LogP contribution in [0.3, 0.4) is 0 Å². The lowest BCUT2D eigenvalue weighted by molar-refractivity contribution is -0.0324. The molecule has 0 bridgehead atoms. The van der Waals surface area contributed by atoms with Gasteiger partial charge in [0.25, 0.3) is 0 Å². The number of hydrogen-bond donors (Lipinski definition) is 0. The van der Waals surface area contributed by atoms with Gasteiger partial charge >= 0.3 is 0 Å². The quantitative estimate of drug-likeness (QED) is 0.769. The monoisotopic (exact) mass is 347 g/mol. The average molecular weight is 347 g/mol. The van der Waals surface area contributed by atoms with Crippen LogP contribution in [0.4, 0.5) is 0 Å². The molecule has 0 saturated carbocycles. The minimum Gasteiger partial charge on any atom is -0.383 e. The molecule has 3 rings (SSSR count). The lowest BCUT2D eigenvalue weighted by atomic mass is 10.1. The standard InChI is InChI=1S/C19H25NO3S/c1-21-13-16-19(23-3)17(22-2)12-20(16)11-14-6-8-15(9-7-14)18-5-4-10-24-18/h4-10,16-17,19H,11-13H2,1-3H3/t16-,17+,19-/m1/s1. The maximum Gasteiger partial charge on any atom is 0.102 e. The van der Waals surface area contributed by atoms with Crippen LogP contribution in [0.5, 0.6) is 0 Å². The van der Waals surface area contributed by atoms with Gasteiger partial charge in [-0.2, -0.15) is 0 Å². The fourth-order valence-electron chi connectivity index (χ4n) is 3.45. The lowest BCUT2D eigenvalue weighted by Gasteiger charge is -2.26. The molecule has 130 valence electrons. The summed E-state index contributed by atoms with van der Waals surface area (Å²) in [6, 6.07) is 13.3. The van der Waals surface area contributed by atoms with E-state index in [1.165, 1.54) is 16.0 Å². The van der Waals surface area contributed by atoms with Gasteiger partial charge in [-0.1, -0.05) is 30.3 Å². The van der Waals surface area contributed by atoms with Crippen LogP contribution in [0.2, 0.25) is 0 Å². The largest absolute Gasteiger partial charge is 0.383 e. The van der Waals surface area contributed by atoms with E-state index in [-0.39, 0.29) is 18.2 Å². The molecule has 1 aromatic heterocycles. The molecule has 1 aliphatic rings. The van der Waals surface area contributed by atoms with Gasteiger partial charge in [0.15, 0.2) is 0 Å². The molecule has 1 fully saturated rings. The first-order valence-electron chi connectivity index (χ1n) is 8.18. The van der Waals surface area contributed by atoms with Crippen LogP contribution in [-0.4, -0.2) is 57.6 Å². The fraction of sp³-hybridized carbons (Fsp3) is 0.474. The first-order valence-corrected chi connectivity index (χ1v) is 9.06. The number of thiophene rings is 1. The van der Waals surface area contributed by atoms with Gasteiger partial charge < -0.3 is 14.2 Å². The number of nitrogens with zero attached hydrogens (tertiary/aromatic N) is 1. The third kappa shape index (κ3) is 3.71. The van der Waals surface area contributed by atoms with Crippen LogP contribution in [0, 0.1) is 0 Å². The first kappa shape index (κ1) is 17.6. The van der Waals surface area contributed by atoms with Crippen LogP contribution in [-0.2, 0) is 20.8 Å². The summed E-state index contributed by atoms with van der Waals surface area (Å²) >= 11 is 1.77. The van der Waals surface area contributed by atoms with E-state index in [2.05, 4.69) is 46.7 Å². The molecule has 4 nitrogen and oxygen atoms in total. The molecular weight excluding hydrogens is 322 g/mol. The van der Waals surface area contributed by atoms with E-state index in [4.69, 9.17) is 14.2 Å². The number of rotatable bonds is 7. The van der Waals surface area contributed by atoms with Crippen LogP contribution in [0.15, 0.2) is 41.8 Å². The minimum absolute atomic E-state index is 0.0420. The lowest BCUT2D eigenvalue weighted by Crippen LogP contribution is -2.40. The zero-order chi connectivity index (χ0) is 16.9. The molecule has 2 heterocycles. The Balaban J connectivity index is 1.71. The molecule has 2 aromatic rings. The minimum atomic E-state index is 0.0420.